The molecule has 0 radical (unpaired) electrons. The smallest absolute Gasteiger partial charge is 0.146 e. The van der Waals surface area contributed by atoms with E-state index in [0.717, 1.165) is 24.2 Å². The molecule has 0 amide bonds. The second-order valence-electron chi connectivity index (χ2n) is 5.88. The highest BCUT2D eigenvalue weighted by Crippen LogP contribution is 2.50. The fourth-order valence-electron chi connectivity index (χ4n) is 3.99. The van der Waals surface area contributed by atoms with Crippen LogP contribution in [0.15, 0.2) is 18.3 Å². The standard InChI is InChI=1S/C15H21FN2/c1-17-14(15-13(16)3-2-6-18-15)9-12-8-10-4-5-11(12)7-10/h2-3,6,10-12,14,17H,4-5,7-9H2,1H3. The van der Waals surface area contributed by atoms with Crippen molar-refractivity contribution in [3.8, 4) is 0 Å². The van der Waals surface area contributed by atoms with Crippen LogP contribution in [0.25, 0.3) is 0 Å². The van der Waals surface area contributed by atoms with E-state index >= 15 is 0 Å². The number of pyridine rings is 1. The van der Waals surface area contributed by atoms with Crippen LogP contribution in [-0.4, -0.2) is 12.0 Å². The number of nitrogens with one attached hydrogen (secondary N) is 1. The number of rotatable bonds is 4. The molecule has 2 saturated carbocycles. The molecule has 1 heterocycles. The molecule has 18 heavy (non-hydrogen) atoms. The van der Waals surface area contributed by atoms with Crippen molar-refractivity contribution in [1.82, 2.24) is 10.3 Å². The zero-order valence-electron chi connectivity index (χ0n) is 10.9. The molecule has 0 aromatic carbocycles. The van der Waals surface area contributed by atoms with Crippen molar-refractivity contribution < 1.29 is 4.39 Å². The molecule has 3 rings (SSSR count). The minimum Gasteiger partial charge on any atom is -0.312 e. The Balaban J connectivity index is 1.72. The maximum absolute atomic E-state index is 13.8. The molecule has 1 aromatic rings. The molecule has 2 fully saturated rings. The average molecular weight is 248 g/mol. The second-order valence-corrected chi connectivity index (χ2v) is 5.88. The molecule has 2 aliphatic rings. The van der Waals surface area contributed by atoms with Crippen LogP contribution in [0.4, 0.5) is 4.39 Å². The number of fused-ring (bicyclic) bond motifs is 2. The first-order valence-corrected chi connectivity index (χ1v) is 7.05. The summed E-state index contributed by atoms with van der Waals surface area (Å²) in [7, 11) is 1.91. The van der Waals surface area contributed by atoms with Crippen LogP contribution in [0, 0.1) is 23.6 Å². The molecular weight excluding hydrogens is 227 g/mol. The van der Waals surface area contributed by atoms with E-state index in [0.29, 0.717) is 5.69 Å². The zero-order valence-corrected chi connectivity index (χ0v) is 10.9. The van der Waals surface area contributed by atoms with E-state index in [1.54, 1.807) is 12.3 Å². The summed E-state index contributed by atoms with van der Waals surface area (Å²) in [5.74, 6) is 2.42. The lowest BCUT2D eigenvalue weighted by atomic mass is 9.83. The number of hydrogen-bond donors (Lipinski definition) is 1. The highest BCUT2D eigenvalue weighted by Gasteiger charge is 2.40. The van der Waals surface area contributed by atoms with E-state index in [4.69, 9.17) is 0 Å². The van der Waals surface area contributed by atoms with Crippen LogP contribution in [0.1, 0.15) is 43.8 Å². The van der Waals surface area contributed by atoms with Gasteiger partial charge in [-0.25, -0.2) is 4.39 Å². The normalized spacial score (nSPS) is 31.8. The van der Waals surface area contributed by atoms with Crippen LogP contribution in [0.3, 0.4) is 0 Å². The van der Waals surface area contributed by atoms with Gasteiger partial charge in [-0.1, -0.05) is 6.42 Å². The Morgan fingerprint density at radius 2 is 2.33 bits per heavy atom. The van der Waals surface area contributed by atoms with Gasteiger partial charge in [0.15, 0.2) is 0 Å². The SMILES string of the molecule is CNC(CC1CC2CCC1C2)c1ncccc1F. The van der Waals surface area contributed by atoms with E-state index in [-0.39, 0.29) is 11.9 Å². The average Bonchev–Trinajstić information content (AvgIpc) is 2.99. The fraction of sp³-hybridized carbons (Fsp3) is 0.667. The highest BCUT2D eigenvalue weighted by molar-refractivity contribution is 5.12. The Bertz CT molecular complexity index is 421. The molecule has 0 aliphatic heterocycles. The van der Waals surface area contributed by atoms with Gasteiger partial charge in [-0.05, 0) is 62.6 Å². The van der Waals surface area contributed by atoms with E-state index < -0.39 is 0 Å². The van der Waals surface area contributed by atoms with Crippen molar-refractivity contribution in [2.24, 2.45) is 17.8 Å². The lowest BCUT2D eigenvalue weighted by molar-refractivity contribution is 0.279. The number of aromatic nitrogens is 1. The van der Waals surface area contributed by atoms with Crippen molar-refractivity contribution in [2.45, 2.75) is 38.1 Å². The molecule has 98 valence electrons. The highest BCUT2D eigenvalue weighted by atomic mass is 19.1. The van der Waals surface area contributed by atoms with Crippen LogP contribution < -0.4 is 5.32 Å². The van der Waals surface area contributed by atoms with Gasteiger partial charge in [-0.3, -0.25) is 4.98 Å². The van der Waals surface area contributed by atoms with E-state index in [2.05, 4.69) is 10.3 Å². The molecular formula is C15H21FN2. The molecule has 2 nitrogen and oxygen atoms in total. The summed E-state index contributed by atoms with van der Waals surface area (Å²) in [5.41, 5.74) is 0.586. The quantitative estimate of drug-likeness (QED) is 0.884. The third kappa shape index (κ3) is 2.16. The minimum absolute atomic E-state index is 0.0653. The zero-order chi connectivity index (χ0) is 12.5. The summed E-state index contributed by atoms with van der Waals surface area (Å²) in [5, 5.41) is 3.24. The van der Waals surface area contributed by atoms with E-state index in [1.807, 2.05) is 7.05 Å². The lowest BCUT2D eigenvalue weighted by Gasteiger charge is -2.26. The molecule has 0 saturated heterocycles. The molecule has 4 atom stereocenters. The number of nitrogens with zero attached hydrogens (tertiary/aromatic N) is 1. The Labute approximate surface area is 108 Å². The van der Waals surface area contributed by atoms with Gasteiger partial charge in [0.05, 0.1) is 11.7 Å². The van der Waals surface area contributed by atoms with Crippen molar-refractivity contribution in [3.05, 3.63) is 29.8 Å². The minimum atomic E-state index is -0.181. The van der Waals surface area contributed by atoms with Gasteiger partial charge < -0.3 is 5.32 Å². The first-order chi connectivity index (χ1) is 8.78. The summed E-state index contributed by atoms with van der Waals surface area (Å²) < 4.78 is 13.8. The molecule has 1 N–H and O–H groups in total. The molecule has 3 heteroatoms. The van der Waals surface area contributed by atoms with Crippen molar-refractivity contribution in [3.63, 3.8) is 0 Å². The van der Waals surface area contributed by atoms with Crippen LogP contribution in [-0.2, 0) is 0 Å². The summed E-state index contributed by atoms with van der Waals surface area (Å²) in [4.78, 5) is 4.22. The Morgan fingerprint density at radius 3 is 2.94 bits per heavy atom. The predicted molar refractivity (Wildman–Crippen MR) is 69.6 cm³/mol. The van der Waals surface area contributed by atoms with Gasteiger partial charge in [0.1, 0.15) is 5.82 Å². The molecule has 2 bridgehead atoms. The molecule has 1 aromatic heterocycles. The van der Waals surface area contributed by atoms with Gasteiger partial charge in [0.2, 0.25) is 0 Å². The Morgan fingerprint density at radius 1 is 1.44 bits per heavy atom. The third-order valence-corrected chi connectivity index (χ3v) is 4.89. The van der Waals surface area contributed by atoms with Gasteiger partial charge in [-0.2, -0.15) is 0 Å². The third-order valence-electron chi connectivity index (χ3n) is 4.89. The van der Waals surface area contributed by atoms with E-state index in [1.165, 1.54) is 31.7 Å². The van der Waals surface area contributed by atoms with Crippen LogP contribution in [0.5, 0.6) is 0 Å². The predicted octanol–water partition coefficient (Wildman–Crippen LogP) is 3.31. The Kier molecular flexibility index (Phi) is 3.33. The van der Waals surface area contributed by atoms with Crippen molar-refractivity contribution >= 4 is 0 Å². The fourth-order valence-corrected chi connectivity index (χ4v) is 3.99. The first-order valence-electron chi connectivity index (χ1n) is 7.05. The largest absolute Gasteiger partial charge is 0.312 e. The topological polar surface area (TPSA) is 24.9 Å². The van der Waals surface area contributed by atoms with Crippen LogP contribution in [0.2, 0.25) is 0 Å². The Hall–Kier alpha value is -0.960. The monoisotopic (exact) mass is 248 g/mol. The van der Waals surface area contributed by atoms with Gasteiger partial charge >= 0.3 is 0 Å². The van der Waals surface area contributed by atoms with Crippen molar-refractivity contribution in [2.75, 3.05) is 7.05 Å². The first kappa shape index (κ1) is 12.1. The lowest BCUT2D eigenvalue weighted by Crippen LogP contribution is -2.24. The summed E-state index contributed by atoms with van der Waals surface area (Å²) in [6, 6.07) is 3.23. The number of halogens is 1. The maximum Gasteiger partial charge on any atom is 0.146 e. The maximum atomic E-state index is 13.8. The van der Waals surface area contributed by atoms with Crippen molar-refractivity contribution in [1.29, 1.82) is 0 Å². The molecule has 0 spiro atoms. The number of hydrogen-bond acceptors (Lipinski definition) is 2. The van der Waals surface area contributed by atoms with Gasteiger partial charge in [-0.15, -0.1) is 0 Å². The van der Waals surface area contributed by atoms with Gasteiger partial charge in [0.25, 0.3) is 0 Å². The van der Waals surface area contributed by atoms with Crippen LogP contribution >= 0.6 is 0 Å². The summed E-state index contributed by atoms with van der Waals surface area (Å²) >= 11 is 0. The summed E-state index contributed by atoms with van der Waals surface area (Å²) in [6.45, 7) is 0. The van der Waals surface area contributed by atoms with Gasteiger partial charge in [0, 0.05) is 6.20 Å². The second kappa shape index (κ2) is 4.96. The summed E-state index contributed by atoms with van der Waals surface area (Å²) in [6.07, 6.45) is 8.28. The molecule has 4 unspecified atom stereocenters. The molecule has 2 aliphatic carbocycles. The van der Waals surface area contributed by atoms with E-state index in [9.17, 15) is 4.39 Å².